The van der Waals surface area contributed by atoms with Gasteiger partial charge in [-0.3, -0.25) is 0 Å². The molecule has 1 aromatic heterocycles. The molecule has 0 amide bonds. The molecule has 3 nitrogen and oxygen atoms in total. The number of aryl methyl sites for hydroxylation is 2. The summed E-state index contributed by atoms with van der Waals surface area (Å²) in [7, 11) is 0. The van der Waals surface area contributed by atoms with Crippen LogP contribution in [0.1, 0.15) is 23.8 Å². The van der Waals surface area contributed by atoms with Crippen molar-refractivity contribution in [3.63, 3.8) is 0 Å². The lowest BCUT2D eigenvalue weighted by atomic mass is 10.0. The monoisotopic (exact) mass is 349 g/mol. The van der Waals surface area contributed by atoms with Crippen LogP contribution in [0.15, 0.2) is 34.7 Å². The quantitative estimate of drug-likeness (QED) is 0.574. The number of halogens is 2. The number of aromatic hydroxyl groups is 1. The molecule has 0 unspecified atom stereocenters. The summed E-state index contributed by atoms with van der Waals surface area (Å²) in [5.74, 6) is 0.930. The van der Waals surface area contributed by atoms with Crippen molar-refractivity contribution in [3.05, 3.63) is 57.3 Å². The molecular weight excluding hydrogens is 333 g/mol. The molecule has 0 aliphatic carbocycles. The Morgan fingerprint density at radius 1 is 1.13 bits per heavy atom. The summed E-state index contributed by atoms with van der Waals surface area (Å²) in [6.07, 6.45) is 0.913. The number of hydrogen-bond acceptors (Lipinski definition) is 3. The number of furan rings is 1. The second-order valence-corrected chi connectivity index (χ2v) is 6.30. The van der Waals surface area contributed by atoms with Crippen LogP contribution in [0.25, 0.3) is 11.0 Å². The third-order valence-electron chi connectivity index (χ3n) is 3.92. The molecule has 0 fully saturated rings. The van der Waals surface area contributed by atoms with Gasteiger partial charge in [-0.15, -0.1) is 0 Å². The van der Waals surface area contributed by atoms with Crippen LogP contribution in [0.5, 0.6) is 5.75 Å². The average Bonchev–Trinajstić information content (AvgIpc) is 2.96. The first-order valence-corrected chi connectivity index (χ1v) is 8.18. The SMILES string of the molecule is CCc1cc(NCc2cc3c(Cl)ccc(Cl)c3o2)c(O)cc1C. The molecular formula is C18H17Cl2NO2. The van der Waals surface area contributed by atoms with E-state index in [1.54, 1.807) is 18.2 Å². The van der Waals surface area contributed by atoms with Crippen LogP contribution in [-0.4, -0.2) is 5.11 Å². The Morgan fingerprint density at radius 3 is 2.57 bits per heavy atom. The van der Waals surface area contributed by atoms with Crippen LogP contribution in [0.4, 0.5) is 5.69 Å². The van der Waals surface area contributed by atoms with Crippen molar-refractivity contribution in [2.45, 2.75) is 26.8 Å². The lowest BCUT2D eigenvalue weighted by Crippen LogP contribution is -2.00. The number of phenolic OH excluding ortho intramolecular Hbond substituents is 1. The maximum Gasteiger partial charge on any atom is 0.154 e. The predicted molar refractivity (Wildman–Crippen MR) is 95.8 cm³/mol. The maximum absolute atomic E-state index is 10.1. The number of rotatable bonds is 4. The maximum atomic E-state index is 10.1. The summed E-state index contributed by atoms with van der Waals surface area (Å²) >= 11 is 12.3. The van der Waals surface area contributed by atoms with E-state index < -0.39 is 0 Å². The zero-order chi connectivity index (χ0) is 16.6. The van der Waals surface area contributed by atoms with Gasteiger partial charge >= 0.3 is 0 Å². The van der Waals surface area contributed by atoms with E-state index in [0.29, 0.717) is 33.6 Å². The zero-order valence-corrected chi connectivity index (χ0v) is 14.4. The Morgan fingerprint density at radius 2 is 1.87 bits per heavy atom. The van der Waals surface area contributed by atoms with Gasteiger partial charge < -0.3 is 14.8 Å². The van der Waals surface area contributed by atoms with E-state index in [-0.39, 0.29) is 5.75 Å². The second kappa shape index (κ2) is 6.34. The molecule has 0 saturated heterocycles. The Labute approximate surface area is 144 Å². The predicted octanol–water partition coefficient (Wildman–Crippen LogP) is 5.93. The van der Waals surface area contributed by atoms with Crippen molar-refractivity contribution in [1.82, 2.24) is 0 Å². The Hall–Kier alpha value is -1.84. The van der Waals surface area contributed by atoms with Crippen molar-refractivity contribution in [3.8, 4) is 5.75 Å². The lowest BCUT2D eigenvalue weighted by molar-refractivity contribution is 0.476. The van der Waals surface area contributed by atoms with E-state index in [4.69, 9.17) is 27.6 Å². The van der Waals surface area contributed by atoms with Crippen LogP contribution in [-0.2, 0) is 13.0 Å². The second-order valence-electron chi connectivity index (χ2n) is 5.49. The van der Waals surface area contributed by atoms with E-state index in [0.717, 1.165) is 17.4 Å². The summed E-state index contributed by atoms with van der Waals surface area (Å²) in [6, 6.07) is 9.06. The van der Waals surface area contributed by atoms with Crippen LogP contribution in [0.3, 0.4) is 0 Å². The van der Waals surface area contributed by atoms with Crippen LogP contribution in [0, 0.1) is 6.92 Å². The largest absolute Gasteiger partial charge is 0.506 e. The number of hydrogen-bond donors (Lipinski definition) is 2. The highest BCUT2D eigenvalue weighted by Crippen LogP contribution is 2.33. The molecule has 0 radical (unpaired) electrons. The number of phenols is 1. The fourth-order valence-corrected chi connectivity index (χ4v) is 3.04. The number of nitrogens with one attached hydrogen (secondary N) is 1. The summed E-state index contributed by atoms with van der Waals surface area (Å²) in [5, 5.41) is 15.2. The number of fused-ring (bicyclic) bond motifs is 1. The van der Waals surface area contributed by atoms with Crippen molar-refractivity contribution in [1.29, 1.82) is 0 Å². The highest BCUT2D eigenvalue weighted by atomic mass is 35.5. The molecule has 0 spiro atoms. The molecule has 3 rings (SSSR count). The first-order valence-electron chi connectivity index (χ1n) is 7.42. The molecule has 0 aliphatic rings. The topological polar surface area (TPSA) is 45.4 Å². The van der Waals surface area contributed by atoms with Crippen molar-refractivity contribution >= 4 is 39.9 Å². The molecule has 0 aliphatic heterocycles. The van der Waals surface area contributed by atoms with E-state index >= 15 is 0 Å². The molecule has 120 valence electrons. The van der Waals surface area contributed by atoms with Gasteiger partial charge in [-0.2, -0.15) is 0 Å². The highest BCUT2D eigenvalue weighted by Gasteiger charge is 2.11. The van der Waals surface area contributed by atoms with Gasteiger partial charge in [0.1, 0.15) is 11.5 Å². The smallest absolute Gasteiger partial charge is 0.154 e. The minimum Gasteiger partial charge on any atom is -0.506 e. The molecule has 0 bridgehead atoms. The van der Waals surface area contributed by atoms with Gasteiger partial charge in [0.15, 0.2) is 5.58 Å². The first-order chi connectivity index (χ1) is 11.0. The molecule has 2 N–H and O–H groups in total. The molecule has 23 heavy (non-hydrogen) atoms. The van der Waals surface area contributed by atoms with E-state index in [9.17, 15) is 5.11 Å². The van der Waals surface area contributed by atoms with Gasteiger partial charge in [-0.1, -0.05) is 30.1 Å². The standard InChI is InChI=1S/C18H17Cl2NO2/c1-3-11-7-16(17(22)6-10(11)2)21-9-12-8-13-14(19)4-5-15(20)18(13)23-12/h4-8,21-22H,3,9H2,1-2H3. The third-order valence-corrected chi connectivity index (χ3v) is 4.55. The van der Waals surface area contributed by atoms with Gasteiger partial charge in [0.05, 0.1) is 22.3 Å². The Bertz CT molecular complexity index is 832. The number of anilines is 1. The molecule has 0 atom stereocenters. The summed E-state index contributed by atoms with van der Waals surface area (Å²) < 4.78 is 5.76. The minimum absolute atomic E-state index is 0.229. The molecule has 0 saturated carbocycles. The van der Waals surface area contributed by atoms with Crippen LogP contribution >= 0.6 is 23.2 Å². The molecule has 2 aromatic carbocycles. The van der Waals surface area contributed by atoms with Gasteiger partial charge in [-0.25, -0.2) is 0 Å². The summed E-state index contributed by atoms with van der Waals surface area (Å²) in [6.45, 7) is 4.51. The van der Waals surface area contributed by atoms with Crippen LogP contribution in [0.2, 0.25) is 10.0 Å². The van der Waals surface area contributed by atoms with Gasteiger partial charge in [0.25, 0.3) is 0 Å². The summed E-state index contributed by atoms with van der Waals surface area (Å²) in [4.78, 5) is 0. The van der Waals surface area contributed by atoms with Crippen molar-refractivity contribution in [2.24, 2.45) is 0 Å². The molecule has 1 heterocycles. The van der Waals surface area contributed by atoms with Gasteiger partial charge in [0.2, 0.25) is 0 Å². The average molecular weight is 350 g/mol. The Balaban J connectivity index is 1.86. The zero-order valence-electron chi connectivity index (χ0n) is 12.9. The van der Waals surface area contributed by atoms with E-state index in [1.807, 2.05) is 19.1 Å². The highest BCUT2D eigenvalue weighted by molar-refractivity contribution is 6.39. The fraction of sp³-hybridized carbons (Fsp3) is 0.222. The van der Waals surface area contributed by atoms with Crippen molar-refractivity contribution in [2.75, 3.05) is 5.32 Å². The molecule has 5 heteroatoms. The summed E-state index contributed by atoms with van der Waals surface area (Å²) in [5.41, 5.74) is 3.54. The lowest BCUT2D eigenvalue weighted by Gasteiger charge is -2.11. The third kappa shape index (κ3) is 3.12. The number of benzene rings is 2. The fourth-order valence-electron chi connectivity index (χ4n) is 2.64. The van der Waals surface area contributed by atoms with Crippen molar-refractivity contribution < 1.29 is 9.52 Å². The van der Waals surface area contributed by atoms with E-state index in [1.165, 1.54) is 5.56 Å². The Kier molecular flexibility index (Phi) is 4.42. The van der Waals surface area contributed by atoms with Gasteiger partial charge in [0, 0.05) is 5.39 Å². The van der Waals surface area contributed by atoms with Crippen LogP contribution < -0.4 is 5.32 Å². The van der Waals surface area contributed by atoms with E-state index in [2.05, 4.69) is 12.2 Å². The molecule has 3 aromatic rings. The van der Waals surface area contributed by atoms with Gasteiger partial charge in [-0.05, 0) is 54.8 Å². The normalized spacial score (nSPS) is 11.1. The first kappa shape index (κ1) is 16.0. The minimum atomic E-state index is 0.229.